The van der Waals surface area contributed by atoms with Crippen molar-refractivity contribution < 1.29 is 22.8 Å². The summed E-state index contributed by atoms with van der Waals surface area (Å²) in [6.07, 6.45) is -2.93. The number of aromatic nitrogens is 1. The van der Waals surface area contributed by atoms with Crippen molar-refractivity contribution in [2.75, 3.05) is 18.4 Å². The zero-order valence-corrected chi connectivity index (χ0v) is 15.9. The lowest BCUT2D eigenvalue weighted by molar-refractivity contribution is -0.137. The molecule has 0 radical (unpaired) electrons. The molecule has 0 bridgehead atoms. The molecule has 1 N–H and O–H groups in total. The first-order valence-corrected chi connectivity index (χ1v) is 9.06. The molecular weight excluding hydrogens is 379 g/mol. The minimum absolute atomic E-state index is 0.0367. The number of amides is 2. The maximum atomic E-state index is 12.9. The molecule has 0 spiro atoms. The Hall–Kier alpha value is -2.42. The Kier molecular flexibility index (Phi) is 6.59. The van der Waals surface area contributed by atoms with Gasteiger partial charge in [0.2, 0.25) is 5.91 Å². The average Bonchev–Trinajstić information content (AvgIpc) is 2.97. The third-order valence-electron chi connectivity index (χ3n) is 3.51. The number of thiazole rings is 1. The maximum absolute atomic E-state index is 12.9. The van der Waals surface area contributed by atoms with E-state index in [9.17, 15) is 22.8 Å². The summed E-state index contributed by atoms with van der Waals surface area (Å²) in [6.45, 7) is 5.52. The predicted molar refractivity (Wildman–Crippen MR) is 97.7 cm³/mol. The fourth-order valence-electron chi connectivity index (χ4n) is 2.42. The Bertz CT molecular complexity index is 818. The van der Waals surface area contributed by atoms with Crippen molar-refractivity contribution in [3.05, 3.63) is 46.5 Å². The molecule has 146 valence electrons. The van der Waals surface area contributed by atoms with Crippen LogP contribution in [0.15, 0.2) is 30.5 Å². The van der Waals surface area contributed by atoms with E-state index in [4.69, 9.17) is 0 Å². The highest BCUT2D eigenvalue weighted by Crippen LogP contribution is 2.29. The summed E-state index contributed by atoms with van der Waals surface area (Å²) in [5.74, 6) is -1.04. The van der Waals surface area contributed by atoms with Crippen LogP contribution in [0.3, 0.4) is 0 Å². The van der Waals surface area contributed by atoms with Crippen LogP contribution in [0, 0.1) is 12.8 Å². The summed E-state index contributed by atoms with van der Waals surface area (Å²) in [5.41, 5.74) is -1.01. The van der Waals surface area contributed by atoms with Crippen molar-refractivity contribution in [2.45, 2.75) is 26.9 Å². The van der Waals surface area contributed by atoms with Crippen molar-refractivity contribution >= 4 is 28.3 Å². The molecule has 5 nitrogen and oxygen atoms in total. The molecule has 0 aliphatic rings. The number of carbonyl (C=O) groups is 2. The smallest absolute Gasteiger partial charge is 0.329 e. The fourth-order valence-corrected chi connectivity index (χ4v) is 3.10. The van der Waals surface area contributed by atoms with Crippen LogP contribution in [0.1, 0.15) is 34.6 Å². The Balaban J connectivity index is 2.17. The number of benzene rings is 1. The third kappa shape index (κ3) is 6.06. The number of aryl methyl sites for hydroxylation is 1. The number of anilines is 1. The summed E-state index contributed by atoms with van der Waals surface area (Å²) in [5, 5.41) is 3.01. The number of carbonyl (C=O) groups excluding carboxylic acids is 2. The van der Waals surface area contributed by atoms with Gasteiger partial charge in [-0.25, -0.2) is 4.98 Å². The monoisotopic (exact) mass is 399 g/mol. The summed E-state index contributed by atoms with van der Waals surface area (Å²) in [4.78, 5) is 31.2. The van der Waals surface area contributed by atoms with Gasteiger partial charge in [0.05, 0.1) is 5.56 Å². The van der Waals surface area contributed by atoms with Crippen LogP contribution >= 0.6 is 11.3 Å². The molecule has 2 aromatic rings. The molecule has 2 rings (SSSR count). The van der Waals surface area contributed by atoms with Crippen LogP contribution in [-0.4, -0.2) is 34.8 Å². The Morgan fingerprint density at radius 1 is 1.30 bits per heavy atom. The van der Waals surface area contributed by atoms with Gasteiger partial charge in [-0.2, -0.15) is 13.2 Å². The molecule has 0 saturated heterocycles. The van der Waals surface area contributed by atoms with Gasteiger partial charge in [-0.1, -0.05) is 19.9 Å². The van der Waals surface area contributed by atoms with Gasteiger partial charge in [0.1, 0.15) is 6.54 Å². The molecule has 0 aliphatic carbocycles. The zero-order chi connectivity index (χ0) is 20.2. The average molecular weight is 399 g/mol. The van der Waals surface area contributed by atoms with Crippen molar-refractivity contribution in [3.63, 3.8) is 0 Å². The van der Waals surface area contributed by atoms with E-state index in [-0.39, 0.29) is 24.6 Å². The maximum Gasteiger partial charge on any atom is 0.416 e. The van der Waals surface area contributed by atoms with E-state index in [1.165, 1.54) is 28.4 Å². The van der Waals surface area contributed by atoms with E-state index in [0.717, 1.165) is 17.0 Å². The first-order chi connectivity index (χ1) is 12.6. The predicted octanol–water partition coefficient (Wildman–Crippen LogP) is 4.21. The molecule has 0 saturated carbocycles. The highest BCUT2D eigenvalue weighted by Gasteiger charge is 2.31. The Labute approximate surface area is 159 Å². The molecule has 27 heavy (non-hydrogen) atoms. The highest BCUT2D eigenvalue weighted by molar-refractivity contribution is 7.15. The van der Waals surface area contributed by atoms with E-state index in [1.807, 2.05) is 20.8 Å². The molecule has 2 amide bonds. The number of hydrogen-bond donors (Lipinski definition) is 1. The third-order valence-corrected chi connectivity index (χ3v) is 4.34. The number of nitrogens with one attached hydrogen (secondary N) is 1. The van der Waals surface area contributed by atoms with Gasteiger partial charge < -0.3 is 10.2 Å². The van der Waals surface area contributed by atoms with Gasteiger partial charge in [-0.3, -0.25) is 9.59 Å². The number of alkyl halides is 3. The fraction of sp³-hybridized carbons (Fsp3) is 0.389. The standard InChI is InChI=1S/C18H20F3N3O2S/c1-11(2)9-24(10-15(25)23-17-22-8-12(3)27-17)16(26)13-5-4-6-14(7-13)18(19,20)21/h4-8,11H,9-10H2,1-3H3,(H,22,23,25). The largest absolute Gasteiger partial charge is 0.416 e. The van der Waals surface area contributed by atoms with Gasteiger partial charge >= 0.3 is 6.18 Å². The number of halogens is 3. The lowest BCUT2D eigenvalue weighted by atomic mass is 10.1. The molecular formula is C18H20F3N3O2S. The Morgan fingerprint density at radius 2 is 2.00 bits per heavy atom. The van der Waals surface area contributed by atoms with Gasteiger partial charge in [0, 0.05) is 23.2 Å². The van der Waals surface area contributed by atoms with Crippen molar-refractivity contribution in [2.24, 2.45) is 5.92 Å². The minimum Gasteiger partial charge on any atom is -0.329 e. The molecule has 9 heteroatoms. The molecule has 0 aliphatic heterocycles. The minimum atomic E-state index is -4.54. The van der Waals surface area contributed by atoms with Crippen molar-refractivity contribution in [1.29, 1.82) is 0 Å². The van der Waals surface area contributed by atoms with Gasteiger partial charge in [0.15, 0.2) is 5.13 Å². The van der Waals surface area contributed by atoms with Crippen molar-refractivity contribution in [3.8, 4) is 0 Å². The number of nitrogens with zero attached hydrogens (tertiary/aromatic N) is 2. The molecule has 1 aromatic carbocycles. The summed E-state index contributed by atoms with van der Waals surface area (Å²) in [6, 6.07) is 4.20. The van der Waals surface area contributed by atoms with E-state index < -0.39 is 23.6 Å². The van der Waals surface area contributed by atoms with Gasteiger partial charge in [0.25, 0.3) is 5.91 Å². The van der Waals surface area contributed by atoms with Gasteiger partial charge in [-0.15, -0.1) is 11.3 Å². The molecule has 0 atom stereocenters. The Morgan fingerprint density at radius 3 is 2.56 bits per heavy atom. The van der Waals surface area contributed by atoms with E-state index in [2.05, 4.69) is 10.3 Å². The van der Waals surface area contributed by atoms with Crippen molar-refractivity contribution in [1.82, 2.24) is 9.88 Å². The van der Waals surface area contributed by atoms with Crippen LogP contribution < -0.4 is 5.32 Å². The SMILES string of the molecule is Cc1cnc(NC(=O)CN(CC(C)C)C(=O)c2cccc(C(F)(F)F)c2)s1. The lowest BCUT2D eigenvalue weighted by Crippen LogP contribution is -2.40. The molecule has 0 fully saturated rings. The second-order valence-electron chi connectivity index (χ2n) is 6.48. The number of rotatable bonds is 6. The van der Waals surface area contributed by atoms with Crippen LogP contribution in [0.25, 0.3) is 0 Å². The summed E-state index contributed by atoms with van der Waals surface area (Å²) in [7, 11) is 0. The highest BCUT2D eigenvalue weighted by atomic mass is 32.1. The first-order valence-electron chi connectivity index (χ1n) is 8.25. The normalized spacial score (nSPS) is 11.5. The summed E-state index contributed by atoms with van der Waals surface area (Å²) >= 11 is 1.30. The summed E-state index contributed by atoms with van der Waals surface area (Å²) < 4.78 is 38.7. The van der Waals surface area contributed by atoms with E-state index in [1.54, 1.807) is 6.20 Å². The quantitative estimate of drug-likeness (QED) is 0.792. The van der Waals surface area contributed by atoms with E-state index in [0.29, 0.717) is 5.13 Å². The molecule has 1 heterocycles. The van der Waals surface area contributed by atoms with Crippen LogP contribution in [0.5, 0.6) is 0 Å². The van der Waals surface area contributed by atoms with E-state index >= 15 is 0 Å². The first kappa shape index (κ1) is 20.9. The molecule has 0 unspecified atom stereocenters. The lowest BCUT2D eigenvalue weighted by Gasteiger charge is -2.24. The second kappa shape index (κ2) is 8.51. The number of hydrogen-bond acceptors (Lipinski definition) is 4. The topological polar surface area (TPSA) is 62.3 Å². The van der Waals surface area contributed by atoms with Crippen LogP contribution in [0.2, 0.25) is 0 Å². The zero-order valence-electron chi connectivity index (χ0n) is 15.1. The van der Waals surface area contributed by atoms with Crippen LogP contribution in [-0.2, 0) is 11.0 Å². The van der Waals surface area contributed by atoms with Gasteiger partial charge in [-0.05, 0) is 31.0 Å². The second-order valence-corrected chi connectivity index (χ2v) is 7.72. The molecule has 1 aromatic heterocycles. The van der Waals surface area contributed by atoms with Crippen LogP contribution in [0.4, 0.5) is 18.3 Å².